The van der Waals surface area contributed by atoms with Gasteiger partial charge in [-0.3, -0.25) is 9.59 Å². The van der Waals surface area contributed by atoms with E-state index in [-0.39, 0.29) is 10.9 Å². The maximum Gasteiger partial charge on any atom is 0.253 e. The molecule has 17 heavy (non-hydrogen) atoms. The first kappa shape index (κ1) is 13.7. The van der Waals surface area contributed by atoms with Crippen LogP contribution < -0.4 is 21.1 Å². The molecule has 1 rings (SSSR count). The Balaban J connectivity index is 2.63. The van der Waals surface area contributed by atoms with Crippen LogP contribution in [-0.2, 0) is 0 Å². The van der Waals surface area contributed by atoms with Gasteiger partial charge in [-0.15, -0.1) is 0 Å². The standard InChI is InChI=1S/C12H21N3O2/c1-5-13-9-10(12(17)11(9)16)15(4)8-6-7-14(2)3/h13H,5-8H2,1-4H3. The van der Waals surface area contributed by atoms with Crippen molar-refractivity contribution in [2.45, 2.75) is 13.3 Å². The van der Waals surface area contributed by atoms with Gasteiger partial charge in [0.15, 0.2) is 0 Å². The third-order valence-corrected chi connectivity index (χ3v) is 2.72. The highest BCUT2D eigenvalue weighted by Gasteiger charge is 2.22. The largest absolute Gasteiger partial charge is 0.380 e. The molecule has 0 amide bonds. The highest BCUT2D eigenvalue weighted by atomic mass is 16.2. The van der Waals surface area contributed by atoms with Gasteiger partial charge >= 0.3 is 0 Å². The quantitative estimate of drug-likeness (QED) is 0.684. The zero-order valence-electron chi connectivity index (χ0n) is 11.0. The molecule has 5 heteroatoms. The van der Waals surface area contributed by atoms with Crippen molar-refractivity contribution in [1.82, 2.24) is 4.90 Å². The molecule has 0 spiro atoms. The minimum atomic E-state index is -0.388. The van der Waals surface area contributed by atoms with Crippen LogP contribution in [0.15, 0.2) is 9.59 Å². The number of rotatable bonds is 7. The molecule has 1 aromatic rings. The van der Waals surface area contributed by atoms with E-state index in [0.717, 1.165) is 19.5 Å². The molecule has 0 aliphatic carbocycles. The second-order valence-corrected chi connectivity index (χ2v) is 4.49. The average Bonchev–Trinajstić information content (AvgIpc) is 2.27. The molecular weight excluding hydrogens is 218 g/mol. The van der Waals surface area contributed by atoms with E-state index < -0.39 is 0 Å². The van der Waals surface area contributed by atoms with E-state index >= 15 is 0 Å². The molecule has 0 aromatic heterocycles. The lowest BCUT2D eigenvalue weighted by Gasteiger charge is -2.23. The first-order valence-electron chi connectivity index (χ1n) is 5.92. The lowest BCUT2D eigenvalue weighted by molar-refractivity contribution is 0.401. The predicted octanol–water partition coefficient (Wildman–Crippen LogP) is 0.102. The fourth-order valence-corrected chi connectivity index (χ4v) is 1.82. The topological polar surface area (TPSA) is 52.6 Å². The fraction of sp³-hybridized carbons (Fsp3) is 0.667. The van der Waals surface area contributed by atoms with Gasteiger partial charge < -0.3 is 15.1 Å². The van der Waals surface area contributed by atoms with E-state index in [9.17, 15) is 9.59 Å². The van der Waals surface area contributed by atoms with Crippen molar-refractivity contribution in [3.8, 4) is 0 Å². The summed E-state index contributed by atoms with van der Waals surface area (Å²) < 4.78 is 0. The Morgan fingerprint density at radius 1 is 1.06 bits per heavy atom. The fourth-order valence-electron chi connectivity index (χ4n) is 1.82. The second-order valence-electron chi connectivity index (χ2n) is 4.49. The molecule has 0 bridgehead atoms. The van der Waals surface area contributed by atoms with Crippen LogP contribution in [0.1, 0.15) is 13.3 Å². The maximum absolute atomic E-state index is 11.5. The molecule has 0 aliphatic rings. The Kier molecular flexibility index (Phi) is 4.69. The molecule has 0 fully saturated rings. The lowest BCUT2D eigenvalue weighted by Crippen LogP contribution is -2.41. The SMILES string of the molecule is CCNc1c(N(C)CCCN(C)C)c(=O)c1=O. The Hall–Kier alpha value is -1.36. The minimum Gasteiger partial charge on any atom is -0.380 e. The van der Waals surface area contributed by atoms with Crippen molar-refractivity contribution in [3.63, 3.8) is 0 Å². The van der Waals surface area contributed by atoms with Crippen molar-refractivity contribution in [3.05, 3.63) is 20.4 Å². The minimum absolute atomic E-state index is 0.367. The normalized spacial score (nSPS) is 11.1. The van der Waals surface area contributed by atoms with E-state index in [1.54, 1.807) is 0 Å². The van der Waals surface area contributed by atoms with Crippen LogP contribution >= 0.6 is 0 Å². The van der Waals surface area contributed by atoms with Gasteiger partial charge in [-0.1, -0.05) is 0 Å². The summed E-state index contributed by atoms with van der Waals surface area (Å²) in [5, 5.41) is 2.95. The summed E-state index contributed by atoms with van der Waals surface area (Å²) >= 11 is 0. The first-order valence-corrected chi connectivity index (χ1v) is 5.92. The molecule has 0 saturated carbocycles. The van der Waals surface area contributed by atoms with E-state index in [4.69, 9.17) is 0 Å². The maximum atomic E-state index is 11.5. The number of hydrogen-bond acceptors (Lipinski definition) is 5. The van der Waals surface area contributed by atoms with E-state index in [2.05, 4.69) is 10.2 Å². The molecule has 5 nitrogen and oxygen atoms in total. The Bertz CT molecular complexity index is 433. The smallest absolute Gasteiger partial charge is 0.253 e. The summed E-state index contributed by atoms with van der Waals surface area (Å²) in [6.07, 6.45) is 0.966. The summed E-state index contributed by atoms with van der Waals surface area (Å²) in [6.45, 7) is 4.31. The summed E-state index contributed by atoms with van der Waals surface area (Å²) in [4.78, 5) is 26.8. The number of anilines is 2. The van der Waals surface area contributed by atoms with Crippen LogP contribution in [0.3, 0.4) is 0 Å². The number of hydrogen-bond donors (Lipinski definition) is 1. The molecule has 0 aliphatic heterocycles. The van der Waals surface area contributed by atoms with Crippen LogP contribution in [0.25, 0.3) is 0 Å². The monoisotopic (exact) mass is 239 g/mol. The van der Waals surface area contributed by atoms with Gasteiger partial charge in [0.05, 0.1) is 0 Å². The van der Waals surface area contributed by atoms with Crippen molar-refractivity contribution in [1.29, 1.82) is 0 Å². The van der Waals surface area contributed by atoms with Crippen LogP contribution in [0.2, 0.25) is 0 Å². The second kappa shape index (κ2) is 5.82. The lowest BCUT2D eigenvalue weighted by atomic mass is 10.1. The Labute approximate surface area is 102 Å². The molecule has 1 aromatic carbocycles. The molecule has 0 radical (unpaired) electrons. The zero-order chi connectivity index (χ0) is 13.0. The molecule has 0 atom stereocenters. The third-order valence-electron chi connectivity index (χ3n) is 2.72. The predicted molar refractivity (Wildman–Crippen MR) is 72.0 cm³/mol. The Morgan fingerprint density at radius 3 is 2.24 bits per heavy atom. The van der Waals surface area contributed by atoms with Gasteiger partial charge in [-0.25, -0.2) is 0 Å². The molecular formula is C12H21N3O2. The van der Waals surface area contributed by atoms with Crippen molar-refractivity contribution >= 4 is 11.4 Å². The molecule has 0 unspecified atom stereocenters. The van der Waals surface area contributed by atoms with Gasteiger partial charge in [-0.2, -0.15) is 0 Å². The van der Waals surface area contributed by atoms with Gasteiger partial charge in [-0.05, 0) is 34.0 Å². The first-order chi connectivity index (χ1) is 7.99. The van der Waals surface area contributed by atoms with Gasteiger partial charge in [0.1, 0.15) is 11.4 Å². The third kappa shape index (κ3) is 3.06. The Morgan fingerprint density at radius 2 is 1.71 bits per heavy atom. The molecule has 96 valence electrons. The molecule has 0 heterocycles. The highest BCUT2D eigenvalue weighted by Crippen LogP contribution is 2.18. The molecule has 0 saturated heterocycles. The van der Waals surface area contributed by atoms with E-state index in [0.29, 0.717) is 17.9 Å². The summed E-state index contributed by atoms with van der Waals surface area (Å²) in [5.74, 6) is 0. The summed E-state index contributed by atoms with van der Waals surface area (Å²) in [6, 6.07) is 0. The number of nitrogens with one attached hydrogen (secondary N) is 1. The van der Waals surface area contributed by atoms with Crippen LogP contribution in [-0.4, -0.2) is 45.7 Å². The highest BCUT2D eigenvalue weighted by molar-refractivity contribution is 5.74. The molecule has 1 N–H and O–H groups in total. The number of nitrogens with zero attached hydrogens (tertiary/aromatic N) is 2. The van der Waals surface area contributed by atoms with Crippen LogP contribution in [0.5, 0.6) is 0 Å². The van der Waals surface area contributed by atoms with Crippen LogP contribution in [0, 0.1) is 0 Å². The summed E-state index contributed by atoms with van der Waals surface area (Å²) in [7, 11) is 5.88. The van der Waals surface area contributed by atoms with Gasteiger partial charge in [0, 0.05) is 20.1 Å². The van der Waals surface area contributed by atoms with Crippen molar-refractivity contribution < 1.29 is 0 Å². The van der Waals surface area contributed by atoms with Gasteiger partial charge in [0.25, 0.3) is 10.9 Å². The van der Waals surface area contributed by atoms with Crippen LogP contribution in [0.4, 0.5) is 11.4 Å². The van der Waals surface area contributed by atoms with E-state index in [1.165, 1.54) is 0 Å². The van der Waals surface area contributed by atoms with Gasteiger partial charge in [0.2, 0.25) is 0 Å². The summed E-state index contributed by atoms with van der Waals surface area (Å²) in [5.41, 5.74) is 0.259. The van der Waals surface area contributed by atoms with Crippen molar-refractivity contribution in [2.75, 3.05) is 51.0 Å². The van der Waals surface area contributed by atoms with E-state index in [1.807, 2.05) is 33.0 Å². The van der Waals surface area contributed by atoms with Crippen molar-refractivity contribution in [2.24, 2.45) is 0 Å². The average molecular weight is 239 g/mol. The zero-order valence-corrected chi connectivity index (χ0v) is 11.0.